The lowest BCUT2D eigenvalue weighted by molar-refractivity contribution is -0.180. The van der Waals surface area contributed by atoms with Gasteiger partial charge >= 0.3 is 11.9 Å². The molecule has 1 aliphatic heterocycles. The van der Waals surface area contributed by atoms with Gasteiger partial charge in [0.2, 0.25) is 0 Å². The summed E-state index contributed by atoms with van der Waals surface area (Å²) in [5.41, 5.74) is -2.52. The topological polar surface area (TPSA) is 114 Å². The number of carbonyl (C=O) groups is 4. The molecule has 1 unspecified atom stereocenters. The number of hydroxylamine groups is 2. The molecule has 0 saturated heterocycles. The molecule has 2 amide bonds. The van der Waals surface area contributed by atoms with Gasteiger partial charge in [-0.05, 0) is 39.8 Å². The second-order valence-electron chi connectivity index (χ2n) is 7.04. The van der Waals surface area contributed by atoms with Crippen molar-refractivity contribution >= 4 is 23.8 Å². The Hall–Kier alpha value is -3.21. The van der Waals surface area contributed by atoms with Crippen molar-refractivity contribution in [3.05, 3.63) is 35.4 Å². The maximum Gasteiger partial charge on any atom is 0.353 e. The van der Waals surface area contributed by atoms with Gasteiger partial charge in [0.25, 0.3) is 11.8 Å². The van der Waals surface area contributed by atoms with Crippen LogP contribution in [0.25, 0.3) is 0 Å². The lowest BCUT2D eigenvalue weighted by atomic mass is 9.89. The van der Waals surface area contributed by atoms with Crippen molar-refractivity contribution in [2.24, 2.45) is 5.41 Å². The van der Waals surface area contributed by atoms with Crippen LogP contribution in [0.3, 0.4) is 0 Å². The summed E-state index contributed by atoms with van der Waals surface area (Å²) in [5, 5.41) is 9.64. The van der Waals surface area contributed by atoms with Crippen molar-refractivity contribution in [2.45, 2.75) is 39.7 Å². The van der Waals surface area contributed by atoms with Crippen LogP contribution in [0.15, 0.2) is 24.3 Å². The number of nitriles is 1. The van der Waals surface area contributed by atoms with E-state index in [1.165, 1.54) is 19.1 Å². The molecule has 26 heavy (non-hydrogen) atoms. The van der Waals surface area contributed by atoms with Gasteiger partial charge in [-0.2, -0.15) is 5.26 Å². The molecule has 0 radical (unpaired) electrons. The molecule has 1 atom stereocenters. The number of imide groups is 1. The second-order valence-corrected chi connectivity index (χ2v) is 7.04. The smallest absolute Gasteiger partial charge is 0.353 e. The normalized spacial score (nSPS) is 15.7. The van der Waals surface area contributed by atoms with Gasteiger partial charge in [0.15, 0.2) is 5.41 Å². The highest BCUT2D eigenvalue weighted by molar-refractivity contribution is 6.21. The van der Waals surface area contributed by atoms with Crippen LogP contribution < -0.4 is 0 Å². The first kappa shape index (κ1) is 19.1. The minimum Gasteiger partial charge on any atom is -0.460 e. The Labute approximate surface area is 150 Å². The summed E-state index contributed by atoms with van der Waals surface area (Å²) in [4.78, 5) is 53.7. The Morgan fingerprint density at radius 2 is 1.58 bits per heavy atom. The first-order chi connectivity index (χ1) is 12.0. The minimum atomic E-state index is -1.92. The quantitative estimate of drug-likeness (QED) is 0.597. The maximum atomic E-state index is 12.4. The van der Waals surface area contributed by atoms with Crippen molar-refractivity contribution in [3.8, 4) is 6.07 Å². The number of fused-ring (bicyclic) bond motifs is 1. The molecule has 0 N–H and O–H groups in total. The zero-order valence-electron chi connectivity index (χ0n) is 14.9. The first-order valence-electron chi connectivity index (χ1n) is 7.82. The molecule has 0 saturated carbocycles. The van der Waals surface area contributed by atoms with E-state index in [4.69, 9.17) is 9.57 Å². The highest BCUT2D eigenvalue weighted by Gasteiger charge is 2.45. The molecule has 2 rings (SSSR count). The largest absolute Gasteiger partial charge is 0.460 e. The van der Waals surface area contributed by atoms with E-state index in [0.717, 1.165) is 0 Å². The molecule has 8 nitrogen and oxygen atoms in total. The SMILES string of the molecule is CC(C)(C)OC(=O)CC(C)(C#N)C(=O)ON1C(=O)c2ccccc2C1=O. The van der Waals surface area contributed by atoms with Gasteiger partial charge in [-0.15, -0.1) is 0 Å². The number of amides is 2. The molecule has 136 valence electrons. The highest BCUT2D eigenvalue weighted by atomic mass is 16.7. The van der Waals surface area contributed by atoms with E-state index in [-0.39, 0.29) is 11.1 Å². The Kier molecular flexibility index (Phi) is 4.85. The van der Waals surface area contributed by atoms with Crippen LogP contribution in [0.1, 0.15) is 54.8 Å². The fraction of sp³-hybridized carbons (Fsp3) is 0.389. The molecule has 0 spiro atoms. The standard InChI is InChI=1S/C18H18N2O6/c1-17(2,3)25-13(21)9-18(4,10-19)16(24)26-20-14(22)11-7-5-6-8-12(11)15(20)23/h5-8H,9H2,1-4H3. The van der Waals surface area contributed by atoms with E-state index < -0.39 is 41.2 Å². The second kappa shape index (κ2) is 6.59. The van der Waals surface area contributed by atoms with Crippen molar-refractivity contribution in [3.63, 3.8) is 0 Å². The Balaban J connectivity index is 2.15. The number of esters is 1. The molecule has 0 aliphatic carbocycles. The van der Waals surface area contributed by atoms with Crippen molar-refractivity contribution in [1.82, 2.24) is 5.06 Å². The van der Waals surface area contributed by atoms with Crippen LogP contribution >= 0.6 is 0 Å². The fourth-order valence-electron chi connectivity index (χ4n) is 2.26. The summed E-state index contributed by atoms with van der Waals surface area (Å²) in [6.45, 7) is 6.11. The van der Waals surface area contributed by atoms with E-state index in [1.54, 1.807) is 39.0 Å². The predicted octanol–water partition coefficient (Wildman–Crippen LogP) is 2.00. The van der Waals surface area contributed by atoms with Gasteiger partial charge in [0, 0.05) is 0 Å². The van der Waals surface area contributed by atoms with Gasteiger partial charge in [0.1, 0.15) is 5.60 Å². The van der Waals surface area contributed by atoms with Crippen molar-refractivity contribution < 1.29 is 28.8 Å². The van der Waals surface area contributed by atoms with E-state index in [2.05, 4.69) is 0 Å². The number of hydrogen-bond donors (Lipinski definition) is 0. The Morgan fingerprint density at radius 3 is 2.00 bits per heavy atom. The van der Waals surface area contributed by atoms with E-state index >= 15 is 0 Å². The molecule has 0 aromatic heterocycles. The first-order valence-corrected chi connectivity index (χ1v) is 7.82. The summed E-state index contributed by atoms with van der Waals surface area (Å²) in [6, 6.07) is 7.68. The molecular weight excluding hydrogens is 340 g/mol. The summed E-state index contributed by atoms with van der Waals surface area (Å²) < 4.78 is 5.10. The third-order valence-electron chi connectivity index (χ3n) is 3.55. The molecule has 0 bridgehead atoms. The molecule has 8 heteroatoms. The van der Waals surface area contributed by atoms with Crippen LogP contribution in [-0.4, -0.2) is 34.4 Å². The number of carbonyl (C=O) groups excluding carboxylic acids is 4. The van der Waals surface area contributed by atoms with Gasteiger partial charge in [0.05, 0.1) is 23.6 Å². The van der Waals surface area contributed by atoms with Crippen LogP contribution in [0, 0.1) is 16.7 Å². The van der Waals surface area contributed by atoms with Crippen LogP contribution in [0.4, 0.5) is 0 Å². The molecular formula is C18H18N2O6. The number of benzene rings is 1. The number of hydrogen-bond acceptors (Lipinski definition) is 7. The summed E-state index contributed by atoms with van der Waals surface area (Å²) in [7, 11) is 0. The van der Waals surface area contributed by atoms with E-state index in [9.17, 15) is 24.4 Å². The molecule has 1 aliphatic rings. The Bertz CT molecular complexity index is 798. The van der Waals surface area contributed by atoms with Crippen molar-refractivity contribution in [1.29, 1.82) is 5.26 Å². The van der Waals surface area contributed by atoms with Crippen LogP contribution in [-0.2, 0) is 19.2 Å². The predicted molar refractivity (Wildman–Crippen MR) is 87.2 cm³/mol. The Morgan fingerprint density at radius 1 is 1.08 bits per heavy atom. The monoisotopic (exact) mass is 358 g/mol. The lowest BCUT2D eigenvalue weighted by Crippen LogP contribution is -2.40. The van der Waals surface area contributed by atoms with Gasteiger partial charge in [-0.1, -0.05) is 17.2 Å². The van der Waals surface area contributed by atoms with Gasteiger partial charge < -0.3 is 9.57 Å². The summed E-state index contributed by atoms with van der Waals surface area (Å²) >= 11 is 0. The average Bonchev–Trinajstić information content (AvgIpc) is 2.78. The van der Waals surface area contributed by atoms with E-state index in [1.807, 2.05) is 0 Å². The third kappa shape index (κ3) is 3.72. The van der Waals surface area contributed by atoms with Gasteiger partial charge in [-0.3, -0.25) is 14.4 Å². The lowest BCUT2D eigenvalue weighted by Gasteiger charge is -2.24. The number of ether oxygens (including phenoxy) is 1. The number of rotatable bonds is 4. The molecule has 1 aromatic rings. The maximum absolute atomic E-state index is 12.4. The highest BCUT2D eigenvalue weighted by Crippen LogP contribution is 2.28. The third-order valence-corrected chi connectivity index (χ3v) is 3.55. The summed E-state index contributed by atoms with van der Waals surface area (Å²) in [6.07, 6.45) is -0.581. The minimum absolute atomic E-state index is 0.0936. The fourth-order valence-corrected chi connectivity index (χ4v) is 2.26. The van der Waals surface area contributed by atoms with Gasteiger partial charge in [-0.25, -0.2) is 4.79 Å². The molecule has 1 aromatic carbocycles. The molecule has 1 heterocycles. The average molecular weight is 358 g/mol. The number of nitrogens with zero attached hydrogens (tertiary/aromatic N) is 2. The summed E-state index contributed by atoms with van der Waals surface area (Å²) in [5.74, 6) is -3.59. The van der Waals surface area contributed by atoms with Crippen molar-refractivity contribution in [2.75, 3.05) is 0 Å². The zero-order chi connectivity index (χ0) is 19.7. The zero-order valence-corrected chi connectivity index (χ0v) is 14.9. The molecule has 0 fully saturated rings. The van der Waals surface area contributed by atoms with Crippen LogP contribution in [0.5, 0.6) is 0 Å². The van der Waals surface area contributed by atoms with Crippen LogP contribution in [0.2, 0.25) is 0 Å². The van der Waals surface area contributed by atoms with E-state index in [0.29, 0.717) is 5.06 Å².